The van der Waals surface area contributed by atoms with Gasteiger partial charge in [0.15, 0.2) is 0 Å². The lowest BCUT2D eigenvalue weighted by atomic mass is 9.76. The van der Waals surface area contributed by atoms with E-state index in [9.17, 15) is 0 Å². The van der Waals surface area contributed by atoms with Crippen LogP contribution in [0.4, 0.5) is 5.69 Å². The minimum absolute atomic E-state index is 0.261. The number of nitrogens with zero attached hydrogens (tertiary/aromatic N) is 1. The first-order valence-corrected chi connectivity index (χ1v) is 8.01. The lowest BCUT2D eigenvalue weighted by Gasteiger charge is -2.32. The van der Waals surface area contributed by atoms with Crippen LogP contribution in [0.1, 0.15) is 46.1 Å². The average molecular weight is 287 g/mol. The van der Waals surface area contributed by atoms with Gasteiger partial charge in [-0.1, -0.05) is 6.07 Å². The summed E-state index contributed by atoms with van der Waals surface area (Å²) in [6, 6.07) is 6.65. The Bertz CT molecular complexity index is 520. The molecule has 21 heavy (non-hydrogen) atoms. The summed E-state index contributed by atoms with van der Waals surface area (Å²) >= 11 is 0. The molecule has 2 saturated heterocycles. The number of aryl methyl sites for hydroxylation is 1. The van der Waals surface area contributed by atoms with Crippen molar-refractivity contribution in [2.24, 2.45) is 0 Å². The number of benzene rings is 1. The summed E-state index contributed by atoms with van der Waals surface area (Å²) in [4.78, 5) is 2.46. The van der Waals surface area contributed by atoms with Crippen molar-refractivity contribution in [1.29, 1.82) is 0 Å². The van der Waals surface area contributed by atoms with Crippen LogP contribution in [0.15, 0.2) is 18.2 Å². The van der Waals surface area contributed by atoms with Crippen molar-refractivity contribution >= 4 is 18.3 Å². The molecule has 4 heteroatoms. The molecule has 0 saturated carbocycles. The lowest BCUT2D eigenvalue weighted by Crippen LogP contribution is -2.41. The fourth-order valence-corrected chi connectivity index (χ4v) is 3.07. The van der Waals surface area contributed by atoms with E-state index in [1.165, 1.54) is 37.2 Å². The third-order valence-electron chi connectivity index (χ3n) is 5.23. The molecule has 3 nitrogen and oxygen atoms in total. The quantitative estimate of drug-likeness (QED) is 0.781. The molecule has 2 fully saturated rings. The zero-order valence-electron chi connectivity index (χ0n) is 13.9. The smallest absolute Gasteiger partial charge is 0.399 e. The Balaban J connectivity index is 1.84. The SMILES string of the molecule is Cc1cc(N2CCCC2)ccc1B1OC(C)(C)C(C)(C)O1. The fraction of sp³-hybridized carbons (Fsp3) is 0.647. The zero-order valence-corrected chi connectivity index (χ0v) is 13.9. The summed E-state index contributed by atoms with van der Waals surface area (Å²) in [5, 5.41) is 0. The van der Waals surface area contributed by atoms with Gasteiger partial charge in [0.1, 0.15) is 0 Å². The molecule has 0 radical (unpaired) electrons. The molecular formula is C17H26BNO2. The molecule has 2 heterocycles. The number of rotatable bonds is 2. The highest BCUT2D eigenvalue weighted by Gasteiger charge is 2.52. The van der Waals surface area contributed by atoms with E-state index in [0.29, 0.717) is 0 Å². The summed E-state index contributed by atoms with van der Waals surface area (Å²) < 4.78 is 12.3. The van der Waals surface area contributed by atoms with Crippen LogP contribution in [0, 0.1) is 6.92 Å². The van der Waals surface area contributed by atoms with E-state index in [4.69, 9.17) is 9.31 Å². The van der Waals surface area contributed by atoms with Gasteiger partial charge in [-0.25, -0.2) is 0 Å². The number of anilines is 1. The van der Waals surface area contributed by atoms with E-state index in [0.717, 1.165) is 5.46 Å². The maximum atomic E-state index is 6.16. The van der Waals surface area contributed by atoms with Gasteiger partial charge in [0.25, 0.3) is 0 Å². The molecular weight excluding hydrogens is 261 g/mol. The second kappa shape index (κ2) is 5.03. The van der Waals surface area contributed by atoms with Gasteiger partial charge in [0, 0.05) is 18.8 Å². The normalized spacial score (nSPS) is 23.9. The Morgan fingerprint density at radius 3 is 2.10 bits per heavy atom. The van der Waals surface area contributed by atoms with Gasteiger partial charge in [-0.2, -0.15) is 0 Å². The van der Waals surface area contributed by atoms with Crippen LogP contribution in [0.3, 0.4) is 0 Å². The minimum Gasteiger partial charge on any atom is -0.399 e. The van der Waals surface area contributed by atoms with Gasteiger partial charge in [0.05, 0.1) is 11.2 Å². The van der Waals surface area contributed by atoms with E-state index in [-0.39, 0.29) is 18.3 Å². The molecule has 1 aromatic rings. The van der Waals surface area contributed by atoms with Crippen molar-refractivity contribution in [3.63, 3.8) is 0 Å². The van der Waals surface area contributed by atoms with Crippen molar-refractivity contribution in [3.05, 3.63) is 23.8 Å². The molecule has 0 spiro atoms. The summed E-state index contributed by atoms with van der Waals surface area (Å²) in [6.45, 7) is 12.9. The first-order chi connectivity index (χ1) is 9.80. The molecule has 0 amide bonds. The zero-order chi connectivity index (χ0) is 15.3. The Kier molecular flexibility index (Phi) is 3.57. The van der Waals surface area contributed by atoms with Gasteiger partial charge in [0.2, 0.25) is 0 Å². The molecule has 0 N–H and O–H groups in total. The molecule has 114 valence electrons. The molecule has 0 atom stereocenters. The molecule has 0 bridgehead atoms. The predicted octanol–water partition coefficient (Wildman–Crippen LogP) is 2.89. The number of hydrogen-bond donors (Lipinski definition) is 0. The molecule has 1 aromatic carbocycles. The van der Waals surface area contributed by atoms with Gasteiger partial charge in [-0.05, 0) is 70.6 Å². The first kappa shape index (κ1) is 14.9. The van der Waals surface area contributed by atoms with E-state index >= 15 is 0 Å². The highest BCUT2D eigenvalue weighted by Crippen LogP contribution is 2.36. The van der Waals surface area contributed by atoms with Crippen LogP contribution in [-0.2, 0) is 9.31 Å². The van der Waals surface area contributed by atoms with E-state index < -0.39 is 0 Å². The Morgan fingerprint density at radius 1 is 1.00 bits per heavy atom. The third kappa shape index (κ3) is 2.60. The minimum atomic E-state index is -0.280. The topological polar surface area (TPSA) is 21.7 Å². The van der Waals surface area contributed by atoms with Crippen LogP contribution < -0.4 is 10.4 Å². The average Bonchev–Trinajstić information content (AvgIpc) is 2.96. The molecule has 3 rings (SSSR count). The fourth-order valence-electron chi connectivity index (χ4n) is 3.07. The number of hydrogen-bond acceptors (Lipinski definition) is 3. The van der Waals surface area contributed by atoms with Gasteiger partial charge < -0.3 is 14.2 Å². The molecule has 2 aliphatic heterocycles. The molecule has 0 unspecified atom stereocenters. The highest BCUT2D eigenvalue weighted by atomic mass is 16.7. The lowest BCUT2D eigenvalue weighted by molar-refractivity contribution is 0.00578. The highest BCUT2D eigenvalue weighted by molar-refractivity contribution is 6.62. The molecule has 0 aliphatic carbocycles. The first-order valence-electron chi connectivity index (χ1n) is 8.01. The van der Waals surface area contributed by atoms with Crippen molar-refractivity contribution < 1.29 is 9.31 Å². The summed E-state index contributed by atoms with van der Waals surface area (Å²) in [5.74, 6) is 0. The van der Waals surface area contributed by atoms with Crippen molar-refractivity contribution in [2.45, 2.75) is 58.7 Å². The van der Waals surface area contributed by atoms with Crippen molar-refractivity contribution in [2.75, 3.05) is 18.0 Å². The summed E-state index contributed by atoms with van der Waals surface area (Å²) in [6.07, 6.45) is 2.61. The van der Waals surface area contributed by atoms with E-state index in [1.54, 1.807) is 0 Å². The van der Waals surface area contributed by atoms with Gasteiger partial charge >= 0.3 is 7.12 Å². The summed E-state index contributed by atoms with van der Waals surface area (Å²) in [7, 11) is -0.261. The van der Waals surface area contributed by atoms with E-state index in [2.05, 4.69) is 57.7 Å². The van der Waals surface area contributed by atoms with Crippen LogP contribution in [-0.4, -0.2) is 31.4 Å². The van der Waals surface area contributed by atoms with Crippen molar-refractivity contribution in [3.8, 4) is 0 Å². The maximum absolute atomic E-state index is 6.16. The van der Waals surface area contributed by atoms with Gasteiger partial charge in [-0.15, -0.1) is 0 Å². The predicted molar refractivity (Wildman–Crippen MR) is 88.3 cm³/mol. The standard InChI is InChI=1S/C17H26BNO2/c1-13-12-14(19-10-6-7-11-19)8-9-15(13)18-20-16(2,3)17(4,5)21-18/h8-9,12H,6-7,10-11H2,1-5H3. The maximum Gasteiger partial charge on any atom is 0.495 e. The van der Waals surface area contributed by atoms with Crippen molar-refractivity contribution in [1.82, 2.24) is 0 Å². The monoisotopic (exact) mass is 287 g/mol. The van der Waals surface area contributed by atoms with Crippen LogP contribution >= 0.6 is 0 Å². The van der Waals surface area contributed by atoms with Crippen LogP contribution in [0.25, 0.3) is 0 Å². The molecule has 2 aliphatic rings. The Morgan fingerprint density at radius 2 is 1.57 bits per heavy atom. The second-order valence-electron chi connectivity index (χ2n) is 7.32. The Hall–Kier alpha value is -0.995. The van der Waals surface area contributed by atoms with Crippen LogP contribution in [0.5, 0.6) is 0 Å². The largest absolute Gasteiger partial charge is 0.495 e. The summed E-state index contributed by atoms with van der Waals surface area (Å²) in [5.41, 5.74) is 3.16. The van der Waals surface area contributed by atoms with Gasteiger partial charge in [-0.3, -0.25) is 0 Å². The van der Waals surface area contributed by atoms with Crippen LogP contribution in [0.2, 0.25) is 0 Å². The second-order valence-corrected chi connectivity index (χ2v) is 7.32. The third-order valence-corrected chi connectivity index (χ3v) is 5.23. The Labute approximate surface area is 128 Å². The van der Waals surface area contributed by atoms with E-state index in [1.807, 2.05) is 0 Å². The molecule has 0 aromatic heterocycles.